The molecule has 1 N–H and O–H groups in total. The Morgan fingerprint density at radius 1 is 1.37 bits per heavy atom. The summed E-state index contributed by atoms with van der Waals surface area (Å²) in [6, 6.07) is 9.36. The van der Waals surface area contributed by atoms with Crippen molar-refractivity contribution in [2.75, 3.05) is 7.11 Å². The van der Waals surface area contributed by atoms with Gasteiger partial charge in [-0.25, -0.2) is 4.79 Å². The van der Waals surface area contributed by atoms with Crippen LogP contribution in [0, 0.1) is 0 Å². The fraction of sp³-hybridized carbons (Fsp3) is 0.0714. The van der Waals surface area contributed by atoms with Gasteiger partial charge in [0, 0.05) is 15.8 Å². The van der Waals surface area contributed by atoms with Crippen molar-refractivity contribution in [3.63, 3.8) is 0 Å². The molecule has 0 fully saturated rings. The zero-order valence-corrected chi connectivity index (χ0v) is 11.7. The van der Waals surface area contributed by atoms with Crippen molar-refractivity contribution in [1.29, 1.82) is 0 Å². The Bertz CT molecular complexity index is 631. The van der Waals surface area contributed by atoms with E-state index < -0.39 is 5.97 Å². The van der Waals surface area contributed by atoms with E-state index in [1.807, 2.05) is 24.3 Å². The van der Waals surface area contributed by atoms with Crippen molar-refractivity contribution in [2.24, 2.45) is 0 Å². The SMILES string of the molecule is COc1cc(-c2ccc(/C=C/C(=O)O)s2)ccc1Cl. The number of carbonyl (C=O) groups is 1. The van der Waals surface area contributed by atoms with Crippen molar-refractivity contribution < 1.29 is 14.6 Å². The Morgan fingerprint density at radius 2 is 2.16 bits per heavy atom. The Kier molecular flexibility index (Phi) is 4.24. The maximum absolute atomic E-state index is 10.5. The average Bonchev–Trinajstić information content (AvgIpc) is 2.86. The van der Waals surface area contributed by atoms with Gasteiger partial charge in [-0.2, -0.15) is 0 Å². The first-order chi connectivity index (χ1) is 9.10. The van der Waals surface area contributed by atoms with Crippen molar-refractivity contribution in [3.05, 3.63) is 46.3 Å². The molecular weight excluding hydrogens is 284 g/mol. The monoisotopic (exact) mass is 294 g/mol. The molecule has 2 aromatic rings. The van der Waals surface area contributed by atoms with Crippen LogP contribution in [0.25, 0.3) is 16.5 Å². The topological polar surface area (TPSA) is 46.5 Å². The third kappa shape index (κ3) is 3.36. The minimum atomic E-state index is -0.955. The molecule has 0 aliphatic carbocycles. The highest BCUT2D eigenvalue weighted by molar-refractivity contribution is 7.16. The van der Waals surface area contributed by atoms with Crippen LogP contribution in [0.4, 0.5) is 0 Å². The first kappa shape index (κ1) is 13.6. The quantitative estimate of drug-likeness (QED) is 0.861. The third-order valence-electron chi connectivity index (χ3n) is 2.45. The Morgan fingerprint density at radius 3 is 2.84 bits per heavy atom. The van der Waals surface area contributed by atoms with Gasteiger partial charge in [0.05, 0.1) is 12.1 Å². The van der Waals surface area contributed by atoms with E-state index in [1.165, 1.54) is 11.3 Å². The first-order valence-corrected chi connectivity index (χ1v) is 6.64. The maximum Gasteiger partial charge on any atom is 0.328 e. The summed E-state index contributed by atoms with van der Waals surface area (Å²) in [4.78, 5) is 12.4. The highest BCUT2D eigenvalue weighted by Gasteiger charge is 2.06. The number of hydrogen-bond acceptors (Lipinski definition) is 3. The minimum absolute atomic E-state index is 0.564. The van der Waals surface area contributed by atoms with Gasteiger partial charge in [-0.15, -0.1) is 11.3 Å². The smallest absolute Gasteiger partial charge is 0.328 e. The van der Waals surface area contributed by atoms with Crippen molar-refractivity contribution in [3.8, 4) is 16.2 Å². The van der Waals surface area contributed by atoms with Crippen LogP contribution in [0.2, 0.25) is 5.02 Å². The average molecular weight is 295 g/mol. The van der Waals surface area contributed by atoms with E-state index in [-0.39, 0.29) is 0 Å². The third-order valence-corrected chi connectivity index (χ3v) is 3.86. The molecule has 3 nitrogen and oxygen atoms in total. The fourth-order valence-electron chi connectivity index (χ4n) is 1.56. The second-order valence-corrected chi connectivity index (χ2v) is 5.25. The summed E-state index contributed by atoms with van der Waals surface area (Å²) < 4.78 is 5.17. The van der Waals surface area contributed by atoms with E-state index in [4.69, 9.17) is 21.4 Å². The molecule has 19 heavy (non-hydrogen) atoms. The number of halogens is 1. The molecule has 0 bridgehead atoms. The highest BCUT2D eigenvalue weighted by atomic mass is 35.5. The number of aliphatic carboxylic acids is 1. The number of carboxylic acid groups (broad SMARTS) is 1. The lowest BCUT2D eigenvalue weighted by atomic mass is 10.2. The predicted molar refractivity (Wildman–Crippen MR) is 78.0 cm³/mol. The molecule has 0 spiro atoms. The van der Waals surface area contributed by atoms with Crippen molar-refractivity contribution in [1.82, 2.24) is 0 Å². The van der Waals surface area contributed by atoms with E-state index in [0.717, 1.165) is 21.4 Å². The molecule has 0 amide bonds. The first-order valence-electron chi connectivity index (χ1n) is 5.45. The van der Waals surface area contributed by atoms with Crippen LogP contribution in [0.15, 0.2) is 36.4 Å². The van der Waals surface area contributed by atoms with E-state index in [2.05, 4.69) is 0 Å². The summed E-state index contributed by atoms with van der Waals surface area (Å²) in [5.41, 5.74) is 0.987. The number of methoxy groups -OCH3 is 1. The molecule has 2 rings (SSSR count). The molecule has 0 radical (unpaired) electrons. The zero-order chi connectivity index (χ0) is 13.8. The van der Waals surface area contributed by atoms with Gasteiger partial charge in [-0.1, -0.05) is 17.7 Å². The zero-order valence-electron chi connectivity index (χ0n) is 10.1. The van der Waals surface area contributed by atoms with Gasteiger partial charge in [0.1, 0.15) is 5.75 Å². The van der Waals surface area contributed by atoms with Gasteiger partial charge in [0.15, 0.2) is 0 Å². The summed E-state index contributed by atoms with van der Waals surface area (Å²) in [6.45, 7) is 0. The number of thiophene rings is 1. The number of benzene rings is 1. The Labute approximate surface area is 119 Å². The molecule has 1 heterocycles. The lowest BCUT2D eigenvalue weighted by molar-refractivity contribution is -0.131. The fourth-order valence-corrected chi connectivity index (χ4v) is 2.67. The molecular formula is C14H11ClO3S. The normalized spacial score (nSPS) is 10.8. The van der Waals surface area contributed by atoms with Gasteiger partial charge < -0.3 is 9.84 Å². The van der Waals surface area contributed by atoms with Gasteiger partial charge in [0.25, 0.3) is 0 Å². The van der Waals surface area contributed by atoms with E-state index in [9.17, 15) is 4.79 Å². The molecule has 0 atom stereocenters. The molecule has 1 aromatic heterocycles. The molecule has 0 aliphatic heterocycles. The van der Waals surface area contributed by atoms with Crippen LogP contribution in [0.5, 0.6) is 5.75 Å². The number of carboxylic acids is 1. The van der Waals surface area contributed by atoms with Crippen LogP contribution in [-0.2, 0) is 4.79 Å². The van der Waals surface area contributed by atoms with Gasteiger partial charge in [-0.05, 0) is 35.9 Å². The summed E-state index contributed by atoms with van der Waals surface area (Å²) >= 11 is 7.48. The van der Waals surface area contributed by atoms with Crippen LogP contribution in [-0.4, -0.2) is 18.2 Å². The second-order valence-electron chi connectivity index (χ2n) is 3.72. The van der Waals surface area contributed by atoms with E-state index in [0.29, 0.717) is 10.8 Å². The number of ether oxygens (including phenoxy) is 1. The van der Waals surface area contributed by atoms with Crippen LogP contribution >= 0.6 is 22.9 Å². The largest absolute Gasteiger partial charge is 0.495 e. The van der Waals surface area contributed by atoms with E-state index >= 15 is 0 Å². The van der Waals surface area contributed by atoms with Gasteiger partial charge in [-0.3, -0.25) is 0 Å². The standard InChI is InChI=1S/C14H11ClO3S/c1-18-12-8-9(2-5-11(12)15)13-6-3-10(19-13)4-7-14(16)17/h2-8H,1H3,(H,16,17)/b7-4+. The van der Waals surface area contributed by atoms with Crippen LogP contribution < -0.4 is 4.74 Å². The van der Waals surface area contributed by atoms with Gasteiger partial charge >= 0.3 is 5.97 Å². The molecule has 5 heteroatoms. The minimum Gasteiger partial charge on any atom is -0.495 e. The van der Waals surface area contributed by atoms with E-state index in [1.54, 1.807) is 19.3 Å². The summed E-state index contributed by atoms with van der Waals surface area (Å²) in [5.74, 6) is -0.335. The Balaban J connectivity index is 2.30. The lowest BCUT2D eigenvalue weighted by Gasteiger charge is -2.04. The lowest BCUT2D eigenvalue weighted by Crippen LogP contribution is -1.84. The van der Waals surface area contributed by atoms with Crippen LogP contribution in [0.1, 0.15) is 4.88 Å². The summed E-state index contributed by atoms with van der Waals surface area (Å²) in [6.07, 6.45) is 2.70. The Hall–Kier alpha value is -1.78. The summed E-state index contributed by atoms with van der Waals surface area (Å²) in [7, 11) is 1.57. The van der Waals surface area contributed by atoms with Crippen molar-refractivity contribution in [2.45, 2.75) is 0 Å². The second kappa shape index (κ2) is 5.91. The molecule has 1 aromatic carbocycles. The molecule has 0 aliphatic rings. The molecule has 98 valence electrons. The molecule has 0 saturated heterocycles. The summed E-state index contributed by atoms with van der Waals surface area (Å²) in [5, 5.41) is 9.15. The maximum atomic E-state index is 10.5. The predicted octanol–water partition coefficient (Wildman–Crippen LogP) is 4.17. The van der Waals surface area contributed by atoms with Gasteiger partial charge in [0.2, 0.25) is 0 Å². The van der Waals surface area contributed by atoms with Crippen LogP contribution in [0.3, 0.4) is 0 Å². The van der Waals surface area contributed by atoms with Crippen molar-refractivity contribution >= 4 is 35.0 Å². The number of hydrogen-bond donors (Lipinski definition) is 1. The highest BCUT2D eigenvalue weighted by Crippen LogP contribution is 2.34. The number of rotatable bonds is 4. The molecule has 0 unspecified atom stereocenters. The molecule has 0 saturated carbocycles.